The summed E-state index contributed by atoms with van der Waals surface area (Å²) in [5.74, 6) is 1.57. The van der Waals surface area contributed by atoms with Gasteiger partial charge in [0.1, 0.15) is 29.2 Å². The van der Waals surface area contributed by atoms with Crippen LogP contribution >= 0.6 is 0 Å². The summed E-state index contributed by atoms with van der Waals surface area (Å²) in [7, 11) is -1.77. The zero-order valence-electron chi connectivity index (χ0n) is 24.8. The van der Waals surface area contributed by atoms with Gasteiger partial charge in [-0.15, -0.1) is 0 Å². The molecule has 0 bridgehead atoms. The number of rotatable bonds is 9. The van der Waals surface area contributed by atoms with Crippen molar-refractivity contribution in [2.45, 2.75) is 45.1 Å². The van der Waals surface area contributed by atoms with Crippen LogP contribution in [0.15, 0.2) is 42.5 Å². The number of sulfonamides is 1. The van der Waals surface area contributed by atoms with Crippen molar-refractivity contribution in [3.05, 3.63) is 76.1 Å². The van der Waals surface area contributed by atoms with E-state index in [1.807, 2.05) is 50.2 Å². The fourth-order valence-electron chi connectivity index (χ4n) is 6.52. The lowest BCUT2D eigenvalue weighted by atomic mass is 9.90. The maximum atomic E-state index is 15.3. The highest BCUT2D eigenvalue weighted by atomic mass is 32.2. The fraction of sp³-hybridized carbons (Fsp3) is 0.424. The number of aryl methyl sites for hydroxylation is 2. The van der Waals surface area contributed by atoms with Gasteiger partial charge in [0.05, 0.1) is 33.0 Å². The number of esters is 1. The molecule has 2 atom stereocenters. The average Bonchev–Trinajstić information content (AvgIpc) is 3.52. The first-order valence-corrected chi connectivity index (χ1v) is 16.4. The molecular formula is C33H36FNO7S. The van der Waals surface area contributed by atoms with Crippen LogP contribution in [0.1, 0.15) is 52.7 Å². The highest BCUT2D eigenvalue weighted by molar-refractivity contribution is 7.88. The summed E-state index contributed by atoms with van der Waals surface area (Å²) < 4.78 is 63.1. The highest BCUT2D eigenvalue weighted by Crippen LogP contribution is 2.45. The van der Waals surface area contributed by atoms with E-state index >= 15 is 4.39 Å². The van der Waals surface area contributed by atoms with E-state index in [2.05, 4.69) is 0 Å². The van der Waals surface area contributed by atoms with Gasteiger partial charge in [0, 0.05) is 42.1 Å². The zero-order valence-corrected chi connectivity index (χ0v) is 25.6. The van der Waals surface area contributed by atoms with E-state index in [0.717, 1.165) is 39.1 Å². The van der Waals surface area contributed by atoms with Gasteiger partial charge in [-0.1, -0.05) is 12.1 Å². The van der Waals surface area contributed by atoms with Gasteiger partial charge in [0.25, 0.3) is 0 Å². The van der Waals surface area contributed by atoms with Gasteiger partial charge in [-0.05, 0) is 78.8 Å². The second-order valence-electron chi connectivity index (χ2n) is 11.8. The van der Waals surface area contributed by atoms with Gasteiger partial charge in [0.15, 0.2) is 0 Å². The minimum atomic E-state index is -3.15. The maximum absolute atomic E-state index is 15.3. The predicted octanol–water partition coefficient (Wildman–Crippen LogP) is 5.49. The van der Waals surface area contributed by atoms with Gasteiger partial charge in [-0.3, -0.25) is 4.79 Å². The van der Waals surface area contributed by atoms with Crippen molar-refractivity contribution in [2.24, 2.45) is 5.92 Å². The molecule has 0 radical (unpaired) electrons. The number of ether oxygens (including phenoxy) is 4. The molecule has 3 aliphatic rings. The molecule has 3 aromatic carbocycles. The summed E-state index contributed by atoms with van der Waals surface area (Å²) in [4.78, 5) is 11.8. The quantitative estimate of drug-likeness (QED) is 0.297. The summed E-state index contributed by atoms with van der Waals surface area (Å²) >= 11 is 0. The molecule has 1 aliphatic carbocycles. The van der Waals surface area contributed by atoms with Crippen molar-refractivity contribution in [3.63, 3.8) is 0 Å². The van der Waals surface area contributed by atoms with Crippen molar-refractivity contribution in [1.82, 2.24) is 4.31 Å². The summed E-state index contributed by atoms with van der Waals surface area (Å²) in [5.41, 5.74) is 6.58. The van der Waals surface area contributed by atoms with Crippen molar-refractivity contribution >= 4 is 16.0 Å². The SMILES string of the molecule is COC(=O)CC1COc2cc(OC3CCc4c(-c5c(C)cc(OCC6CN(S(C)(=O)=O)C6)cc5C)ccc(F)c43)ccc21. The molecule has 228 valence electrons. The predicted molar refractivity (Wildman–Crippen MR) is 160 cm³/mol. The topological polar surface area (TPSA) is 91.4 Å². The molecule has 0 spiro atoms. The Balaban J connectivity index is 1.18. The lowest BCUT2D eigenvalue weighted by Crippen LogP contribution is -2.51. The summed E-state index contributed by atoms with van der Waals surface area (Å²) in [5, 5.41) is 0. The molecule has 0 aromatic heterocycles. The van der Waals surface area contributed by atoms with Crippen LogP contribution < -0.4 is 14.2 Å². The normalized spacial score (nSPS) is 19.7. The minimum absolute atomic E-state index is 0.0598. The van der Waals surface area contributed by atoms with Crippen LogP contribution in [0.4, 0.5) is 4.39 Å². The molecular weight excluding hydrogens is 573 g/mol. The third kappa shape index (κ3) is 5.82. The van der Waals surface area contributed by atoms with E-state index in [9.17, 15) is 13.2 Å². The number of fused-ring (bicyclic) bond motifs is 2. The number of halogens is 1. The van der Waals surface area contributed by atoms with Crippen molar-refractivity contribution in [3.8, 4) is 28.4 Å². The van der Waals surface area contributed by atoms with Crippen LogP contribution in [0.2, 0.25) is 0 Å². The Hall–Kier alpha value is -3.63. The van der Waals surface area contributed by atoms with Crippen LogP contribution in [-0.2, 0) is 26.0 Å². The van der Waals surface area contributed by atoms with Gasteiger partial charge in [-0.2, -0.15) is 0 Å². The Labute approximate surface area is 251 Å². The molecule has 1 saturated heterocycles. The third-order valence-corrected chi connectivity index (χ3v) is 9.96. The van der Waals surface area contributed by atoms with Crippen LogP contribution in [0.25, 0.3) is 11.1 Å². The molecule has 43 heavy (non-hydrogen) atoms. The Bertz CT molecular complexity index is 1660. The van der Waals surface area contributed by atoms with E-state index < -0.39 is 16.1 Å². The van der Waals surface area contributed by atoms with Gasteiger partial charge in [0.2, 0.25) is 10.0 Å². The van der Waals surface area contributed by atoms with Crippen LogP contribution in [0.3, 0.4) is 0 Å². The smallest absolute Gasteiger partial charge is 0.306 e. The number of nitrogens with zero attached hydrogens (tertiary/aromatic N) is 1. The fourth-order valence-corrected chi connectivity index (χ4v) is 7.48. The molecule has 2 aliphatic heterocycles. The molecule has 10 heteroatoms. The third-order valence-electron chi connectivity index (χ3n) is 8.72. The van der Waals surface area contributed by atoms with E-state index in [-0.39, 0.29) is 30.0 Å². The number of carbonyl (C=O) groups excluding carboxylic acids is 1. The van der Waals surface area contributed by atoms with Crippen LogP contribution in [0, 0.1) is 25.6 Å². The number of carbonyl (C=O) groups is 1. The minimum Gasteiger partial charge on any atom is -0.493 e. The maximum Gasteiger partial charge on any atom is 0.306 e. The number of hydrogen-bond donors (Lipinski definition) is 0. The van der Waals surface area contributed by atoms with Crippen LogP contribution in [-0.4, -0.2) is 58.4 Å². The Morgan fingerprint density at radius 2 is 1.81 bits per heavy atom. The number of methoxy groups -OCH3 is 1. The van der Waals surface area contributed by atoms with Gasteiger partial charge in [-0.25, -0.2) is 17.1 Å². The first-order valence-electron chi connectivity index (χ1n) is 14.5. The molecule has 1 fully saturated rings. The average molecular weight is 610 g/mol. The zero-order chi connectivity index (χ0) is 30.5. The summed E-state index contributed by atoms with van der Waals surface area (Å²) in [6, 6.07) is 12.9. The van der Waals surface area contributed by atoms with Gasteiger partial charge >= 0.3 is 5.97 Å². The number of benzene rings is 3. The van der Waals surface area contributed by atoms with E-state index in [1.54, 1.807) is 0 Å². The highest BCUT2D eigenvalue weighted by Gasteiger charge is 2.34. The van der Waals surface area contributed by atoms with E-state index in [0.29, 0.717) is 56.2 Å². The Kier molecular flexibility index (Phi) is 7.85. The molecule has 2 unspecified atom stereocenters. The second kappa shape index (κ2) is 11.5. The van der Waals surface area contributed by atoms with Crippen molar-refractivity contribution in [2.75, 3.05) is 39.7 Å². The molecule has 0 N–H and O–H groups in total. The second-order valence-corrected chi connectivity index (χ2v) is 13.8. The van der Waals surface area contributed by atoms with E-state index in [4.69, 9.17) is 18.9 Å². The summed E-state index contributed by atoms with van der Waals surface area (Å²) in [6.07, 6.45) is 2.38. The lowest BCUT2D eigenvalue weighted by Gasteiger charge is -2.36. The molecule has 0 amide bonds. The Morgan fingerprint density at radius 3 is 2.51 bits per heavy atom. The monoisotopic (exact) mass is 609 g/mol. The van der Waals surface area contributed by atoms with Crippen molar-refractivity contribution in [1.29, 1.82) is 0 Å². The van der Waals surface area contributed by atoms with Gasteiger partial charge < -0.3 is 18.9 Å². The van der Waals surface area contributed by atoms with Crippen molar-refractivity contribution < 1.29 is 36.6 Å². The molecule has 0 saturated carbocycles. The molecule has 2 heterocycles. The lowest BCUT2D eigenvalue weighted by molar-refractivity contribution is -0.141. The largest absolute Gasteiger partial charge is 0.493 e. The standard InChI is InChI=1S/C33H36FNO7S/c1-19-11-24(40-17-21-15-35(16-21)43(4,37)38)12-20(2)32(19)26-7-9-28(34)33-27(26)8-10-29(33)42-23-5-6-25-22(13-31(36)39-3)18-41-30(25)14-23/h5-7,9,11-12,14,21-22,29H,8,10,13,15-18H2,1-4H3. The molecule has 8 nitrogen and oxygen atoms in total. The summed E-state index contributed by atoms with van der Waals surface area (Å²) in [6.45, 7) is 5.88. The first-order chi connectivity index (χ1) is 20.5. The number of hydrogen-bond acceptors (Lipinski definition) is 7. The van der Waals surface area contributed by atoms with E-state index in [1.165, 1.54) is 23.7 Å². The first kappa shape index (κ1) is 29.4. The molecule has 3 aromatic rings. The van der Waals surface area contributed by atoms with Crippen LogP contribution in [0.5, 0.6) is 17.2 Å². The molecule has 6 rings (SSSR count). The Morgan fingerprint density at radius 1 is 1.07 bits per heavy atom.